The normalized spacial score (nSPS) is 26.7. The van der Waals surface area contributed by atoms with Crippen molar-refractivity contribution >= 4 is 5.95 Å². The number of hydrogen-bond donors (Lipinski definition) is 1. The minimum absolute atomic E-state index is 0.247. The van der Waals surface area contributed by atoms with Gasteiger partial charge in [-0.3, -0.25) is 0 Å². The molecule has 0 bridgehead atoms. The number of rotatable bonds is 1. The largest absolute Gasteiger partial charge is 0.337 e. The van der Waals surface area contributed by atoms with Crippen LogP contribution in [0.25, 0.3) is 0 Å². The summed E-state index contributed by atoms with van der Waals surface area (Å²) in [6.45, 7) is 7.96. The number of nitrogens with one attached hydrogen (secondary N) is 1. The predicted molar refractivity (Wildman–Crippen MR) is 53.8 cm³/mol. The first-order valence-electron chi connectivity index (χ1n) is 4.86. The standard InChI is InChI=1S/C10H17N3/c1-8-6-10(2,3)13(7-8)9-11-4-5-12-9/h4-5,8H,6-7H2,1-3H3,(H,11,12). The average molecular weight is 179 g/mol. The molecule has 1 aliphatic heterocycles. The lowest BCUT2D eigenvalue weighted by molar-refractivity contribution is 0.484. The van der Waals surface area contributed by atoms with Gasteiger partial charge in [-0.05, 0) is 26.2 Å². The van der Waals surface area contributed by atoms with Gasteiger partial charge >= 0.3 is 0 Å². The number of hydrogen-bond acceptors (Lipinski definition) is 2. The fraction of sp³-hybridized carbons (Fsp3) is 0.700. The Labute approximate surface area is 79.2 Å². The van der Waals surface area contributed by atoms with Gasteiger partial charge in [0.15, 0.2) is 0 Å². The van der Waals surface area contributed by atoms with Gasteiger partial charge in [-0.25, -0.2) is 4.98 Å². The zero-order chi connectivity index (χ0) is 9.47. The lowest BCUT2D eigenvalue weighted by atomic mass is 9.98. The Bertz CT molecular complexity index is 276. The summed E-state index contributed by atoms with van der Waals surface area (Å²) < 4.78 is 0. The lowest BCUT2D eigenvalue weighted by Crippen LogP contribution is -2.38. The summed E-state index contributed by atoms with van der Waals surface area (Å²) in [6.07, 6.45) is 4.94. The fourth-order valence-electron chi connectivity index (χ4n) is 2.36. The Balaban J connectivity index is 2.25. The molecule has 0 aliphatic carbocycles. The molecule has 2 heterocycles. The summed E-state index contributed by atoms with van der Waals surface area (Å²) in [5, 5.41) is 0. The van der Waals surface area contributed by atoms with Crippen LogP contribution in [0, 0.1) is 5.92 Å². The van der Waals surface area contributed by atoms with E-state index in [2.05, 4.69) is 35.6 Å². The smallest absolute Gasteiger partial charge is 0.203 e. The second-order valence-electron chi connectivity index (χ2n) is 4.65. The highest BCUT2D eigenvalue weighted by Crippen LogP contribution is 2.34. The molecular formula is C10H17N3. The highest BCUT2D eigenvalue weighted by Gasteiger charge is 2.37. The molecule has 72 valence electrons. The van der Waals surface area contributed by atoms with Crippen molar-refractivity contribution in [3.05, 3.63) is 12.4 Å². The number of aromatic amines is 1. The fourth-order valence-corrected chi connectivity index (χ4v) is 2.36. The molecule has 3 nitrogen and oxygen atoms in total. The van der Waals surface area contributed by atoms with Gasteiger partial charge in [-0.15, -0.1) is 0 Å². The van der Waals surface area contributed by atoms with E-state index in [1.54, 1.807) is 0 Å². The molecular weight excluding hydrogens is 162 g/mol. The summed E-state index contributed by atoms with van der Waals surface area (Å²) in [5.41, 5.74) is 0.247. The van der Waals surface area contributed by atoms with E-state index >= 15 is 0 Å². The predicted octanol–water partition coefficient (Wildman–Crippen LogP) is 2.03. The van der Waals surface area contributed by atoms with Crippen molar-refractivity contribution in [1.82, 2.24) is 9.97 Å². The Morgan fingerprint density at radius 1 is 1.62 bits per heavy atom. The molecule has 0 amide bonds. The number of H-pyrrole nitrogens is 1. The molecule has 1 atom stereocenters. The average Bonchev–Trinajstić information content (AvgIpc) is 2.56. The van der Waals surface area contributed by atoms with E-state index in [4.69, 9.17) is 0 Å². The van der Waals surface area contributed by atoms with Crippen LogP contribution in [0.1, 0.15) is 27.2 Å². The number of nitrogens with zero attached hydrogens (tertiary/aromatic N) is 2. The Morgan fingerprint density at radius 3 is 2.85 bits per heavy atom. The summed E-state index contributed by atoms with van der Waals surface area (Å²) in [7, 11) is 0. The topological polar surface area (TPSA) is 31.9 Å². The monoisotopic (exact) mass is 179 g/mol. The molecule has 1 saturated heterocycles. The van der Waals surface area contributed by atoms with Crippen molar-refractivity contribution in [2.75, 3.05) is 11.4 Å². The number of aromatic nitrogens is 2. The minimum Gasteiger partial charge on any atom is -0.337 e. The van der Waals surface area contributed by atoms with Crippen molar-refractivity contribution in [3.63, 3.8) is 0 Å². The first-order chi connectivity index (χ1) is 6.09. The highest BCUT2D eigenvalue weighted by molar-refractivity contribution is 5.36. The molecule has 3 heteroatoms. The molecule has 1 N–H and O–H groups in total. The van der Waals surface area contributed by atoms with Crippen LogP contribution >= 0.6 is 0 Å². The zero-order valence-corrected chi connectivity index (χ0v) is 8.54. The molecule has 2 rings (SSSR count). The quantitative estimate of drug-likeness (QED) is 0.715. The molecule has 1 aromatic rings. The van der Waals surface area contributed by atoms with Crippen molar-refractivity contribution in [1.29, 1.82) is 0 Å². The Kier molecular flexibility index (Phi) is 1.82. The van der Waals surface area contributed by atoms with E-state index in [-0.39, 0.29) is 5.54 Å². The summed E-state index contributed by atoms with van der Waals surface area (Å²) in [4.78, 5) is 9.83. The van der Waals surface area contributed by atoms with E-state index in [1.807, 2.05) is 12.4 Å². The third kappa shape index (κ3) is 1.43. The van der Waals surface area contributed by atoms with E-state index < -0.39 is 0 Å². The van der Waals surface area contributed by atoms with E-state index in [0.29, 0.717) is 0 Å². The molecule has 0 saturated carbocycles. The Hall–Kier alpha value is -0.990. The van der Waals surface area contributed by atoms with E-state index in [9.17, 15) is 0 Å². The molecule has 1 aliphatic rings. The second-order valence-corrected chi connectivity index (χ2v) is 4.65. The maximum atomic E-state index is 4.30. The summed E-state index contributed by atoms with van der Waals surface area (Å²) in [5.74, 6) is 1.77. The summed E-state index contributed by atoms with van der Waals surface area (Å²) in [6, 6.07) is 0. The van der Waals surface area contributed by atoms with Gasteiger partial charge in [0.25, 0.3) is 0 Å². The third-order valence-electron chi connectivity index (χ3n) is 2.81. The van der Waals surface area contributed by atoms with Gasteiger partial charge in [0.2, 0.25) is 5.95 Å². The first-order valence-corrected chi connectivity index (χ1v) is 4.86. The van der Waals surface area contributed by atoms with Crippen LogP contribution in [0.5, 0.6) is 0 Å². The van der Waals surface area contributed by atoms with E-state index in [1.165, 1.54) is 6.42 Å². The maximum absolute atomic E-state index is 4.30. The van der Waals surface area contributed by atoms with Gasteiger partial charge in [-0.2, -0.15) is 0 Å². The van der Waals surface area contributed by atoms with Crippen molar-refractivity contribution in [3.8, 4) is 0 Å². The number of anilines is 1. The molecule has 0 aromatic carbocycles. The van der Waals surface area contributed by atoms with Gasteiger partial charge in [0.1, 0.15) is 0 Å². The molecule has 1 fully saturated rings. The molecule has 0 radical (unpaired) electrons. The molecule has 1 unspecified atom stereocenters. The van der Waals surface area contributed by atoms with Crippen LogP contribution in [0.2, 0.25) is 0 Å². The van der Waals surface area contributed by atoms with Crippen LogP contribution in [-0.4, -0.2) is 22.1 Å². The van der Waals surface area contributed by atoms with Gasteiger partial charge in [-0.1, -0.05) is 6.92 Å². The molecule has 13 heavy (non-hydrogen) atoms. The van der Waals surface area contributed by atoms with Crippen LogP contribution in [-0.2, 0) is 0 Å². The second kappa shape index (κ2) is 2.76. The van der Waals surface area contributed by atoms with Crippen LogP contribution < -0.4 is 4.90 Å². The van der Waals surface area contributed by atoms with Crippen LogP contribution in [0.4, 0.5) is 5.95 Å². The molecule has 1 aromatic heterocycles. The first kappa shape index (κ1) is 8.60. The van der Waals surface area contributed by atoms with Gasteiger partial charge < -0.3 is 9.88 Å². The van der Waals surface area contributed by atoms with Crippen molar-refractivity contribution < 1.29 is 0 Å². The maximum Gasteiger partial charge on any atom is 0.203 e. The SMILES string of the molecule is CC1CN(c2ncc[nH]2)C(C)(C)C1. The van der Waals surface area contributed by atoms with Gasteiger partial charge in [0, 0.05) is 24.5 Å². The molecule has 0 spiro atoms. The number of imidazole rings is 1. The Morgan fingerprint density at radius 2 is 2.38 bits per heavy atom. The van der Waals surface area contributed by atoms with Crippen molar-refractivity contribution in [2.24, 2.45) is 5.92 Å². The van der Waals surface area contributed by atoms with Gasteiger partial charge in [0.05, 0.1) is 0 Å². The van der Waals surface area contributed by atoms with Crippen LogP contribution in [0.15, 0.2) is 12.4 Å². The lowest BCUT2D eigenvalue weighted by Gasteiger charge is -2.31. The third-order valence-corrected chi connectivity index (χ3v) is 2.81. The summed E-state index contributed by atoms with van der Waals surface area (Å²) >= 11 is 0. The van der Waals surface area contributed by atoms with Crippen molar-refractivity contribution in [2.45, 2.75) is 32.7 Å². The van der Waals surface area contributed by atoms with Crippen LogP contribution in [0.3, 0.4) is 0 Å². The minimum atomic E-state index is 0.247. The highest BCUT2D eigenvalue weighted by atomic mass is 15.3. The zero-order valence-electron chi connectivity index (χ0n) is 8.54. The van der Waals surface area contributed by atoms with E-state index in [0.717, 1.165) is 18.4 Å².